The Bertz CT molecular complexity index is 677. The van der Waals surface area contributed by atoms with E-state index in [4.69, 9.17) is 9.47 Å². The first-order chi connectivity index (χ1) is 12.8. The largest absolute Gasteiger partial charge is 0.497 e. The molecule has 1 aliphatic rings. The number of carbonyl (C=O) groups is 2. The lowest BCUT2D eigenvalue weighted by Crippen LogP contribution is -2.57. The molecular weight excluding hydrogens is 350 g/mol. The van der Waals surface area contributed by atoms with Crippen LogP contribution >= 0.6 is 0 Å². The molecular formula is C19H29N3O5. The van der Waals surface area contributed by atoms with Crippen molar-refractivity contribution in [3.63, 3.8) is 0 Å². The van der Waals surface area contributed by atoms with Crippen LogP contribution in [0.2, 0.25) is 0 Å². The lowest BCUT2D eigenvalue weighted by Gasteiger charge is -2.35. The zero-order valence-electron chi connectivity index (χ0n) is 16.4. The highest BCUT2D eigenvalue weighted by Gasteiger charge is 2.33. The first-order valence-corrected chi connectivity index (χ1v) is 8.94. The van der Waals surface area contributed by atoms with Crippen molar-refractivity contribution < 1.29 is 24.2 Å². The van der Waals surface area contributed by atoms with Crippen molar-refractivity contribution in [2.45, 2.75) is 38.4 Å². The average Bonchev–Trinajstić information content (AvgIpc) is 2.64. The molecule has 1 fully saturated rings. The van der Waals surface area contributed by atoms with Crippen LogP contribution in [0.3, 0.4) is 0 Å². The minimum absolute atomic E-state index is 0.0216. The number of rotatable bonds is 8. The Kier molecular flexibility index (Phi) is 7.04. The minimum Gasteiger partial charge on any atom is -0.497 e. The summed E-state index contributed by atoms with van der Waals surface area (Å²) in [5.74, 6) is 0.910. The van der Waals surface area contributed by atoms with Gasteiger partial charge in [-0.15, -0.1) is 0 Å². The summed E-state index contributed by atoms with van der Waals surface area (Å²) in [7, 11) is 3.18. The number of nitrogens with zero attached hydrogens (tertiary/aromatic N) is 1. The van der Waals surface area contributed by atoms with E-state index in [1.807, 2.05) is 17.0 Å². The Balaban J connectivity index is 2.14. The fourth-order valence-corrected chi connectivity index (χ4v) is 3.02. The Morgan fingerprint density at radius 3 is 2.74 bits per heavy atom. The third-order valence-corrected chi connectivity index (χ3v) is 4.56. The number of hydrogen-bond acceptors (Lipinski definition) is 6. The van der Waals surface area contributed by atoms with E-state index >= 15 is 0 Å². The van der Waals surface area contributed by atoms with Gasteiger partial charge in [-0.05, 0) is 19.9 Å². The van der Waals surface area contributed by atoms with Crippen molar-refractivity contribution >= 4 is 11.8 Å². The molecule has 1 aromatic rings. The molecule has 0 radical (unpaired) electrons. The molecule has 1 saturated heterocycles. The predicted octanol–water partition coefficient (Wildman–Crippen LogP) is 0.281. The van der Waals surface area contributed by atoms with Crippen LogP contribution in [0.25, 0.3) is 0 Å². The lowest BCUT2D eigenvalue weighted by atomic mass is 10.0. The number of benzene rings is 1. The Labute approximate surface area is 159 Å². The number of nitrogens with one attached hydrogen (secondary N) is 2. The summed E-state index contributed by atoms with van der Waals surface area (Å²) in [5.41, 5.74) is 0.181. The molecule has 1 heterocycles. The fourth-order valence-electron chi connectivity index (χ4n) is 3.02. The van der Waals surface area contributed by atoms with Crippen LogP contribution < -0.4 is 20.1 Å². The highest BCUT2D eigenvalue weighted by Crippen LogP contribution is 2.27. The normalized spacial score (nSPS) is 18.0. The molecule has 1 aliphatic heterocycles. The number of methoxy groups -OCH3 is 2. The highest BCUT2D eigenvalue weighted by molar-refractivity contribution is 5.89. The van der Waals surface area contributed by atoms with E-state index in [-0.39, 0.29) is 24.8 Å². The molecule has 3 N–H and O–H groups in total. The Hall–Kier alpha value is -2.32. The number of hydrogen-bond donors (Lipinski definition) is 3. The molecule has 0 spiro atoms. The number of aliphatic hydroxyl groups is 1. The molecule has 0 aromatic heterocycles. The quantitative estimate of drug-likeness (QED) is 0.600. The minimum atomic E-state index is -0.730. The molecule has 8 nitrogen and oxygen atoms in total. The second-order valence-electron chi connectivity index (χ2n) is 7.25. The first-order valence-electron chi connectivity index (χ1n) is 8.94. The van der Waals surface area contributed by atoms with Crippen LogP contribution in [0.5, 0.6) is 11.5 Å². The SMILES string of the molecule is COc1ccc(CN2CCNC(=O)C2CC(=O)NC(C)(C)CO)c(OC)c1. The third kappa shape index (κ3) is 5.58. The van der Waals surface area contributed by atoms with Gasteiger partial charge in [-0.3, -0.25) is 14.5 Å². The van der Waals surface area contributed by atoms with Gasteiger partial charge < -0.3 is 25.2 Å². The van der Waals surface area contributed by atoms with E-state index in [1.54, 1.807) is 34.1 Å². The maximum absolute atomic E-state index is 12.4. The topological polar surface area (TPSA) is 100 Å². The smallest absolute Gasteiger partial charge is 0.237 e. The van der Waals surface area contributed by atoms with Crippen LogP contribution in [0.4, 0.5) is 0 Å². The van der Waals surface area contributed by atoms with Gasteiger partial charge in [-0.1, -0.05) is 6.07 Å². The fraction of sp³-hybridized carbons (Fsp3) is 0.579. The number of carbonyl (C=O) groups excluding carboxylic acids is 2. The van der Waals surface area contributed by atoms with Gasteiger partial charge in [0.15, 0.2) is 0 Å². The second kappa shape index (κ2) is 9.05. The number of piperazine rings is 1. The molecule has 2 rings (SSSR count). The first kappa shape index (κ1) is 21.0. The van der Waals surface area contributed by atoms with Gasteiger partial charge in [0.05, 0.1) is 38.8 Å². The lowest BCUT2D eigenvalue weighted by molar-refractivity contribution is -0.135. The molecule has 27 heavy (non-hydrogen) atoms. The van der Waals surface area contributed by atoms with Gasteiger partial charge in [-0.25, -0.2) is 0 Å². The van der Waals surface area contributed by atoms with Crippen LogP contribution in [0.15, 0.2) is 18.2 Å². The van der Waals surface area contributed by atoms with Gasteiger partial charge in [-0.2, -0.15) is 0 Å². The molecule has 150 valence electrons. The maximum atomic E-state index is 12.4. The van der Waals surface area contributed by atoms with E-state index in [0.717, 1.165) is 5.56 Å². The monoisotopic (exact) mass is 379 g/mol. The van der Waals surface area contributed by atoms with Crippen LogP contribution in [0, 0.1) is 0 Å². The van der Waals surface area contributed by atoms with E-state index in [2.05, 4.69) is 10.6 Å². The summed E-state index contributed by atoms with van der Waals surface area (Å²) in [6, 6.07) is 4.95. The number of amides is 2. The average molecular weight is 379 g/mol. The molecule has 8 heteroatoms. The summed E-state index contributed by atoms with van der Waals surface area (Å²) in [6.07, 6.45) is 0.0216. The summed E-state index contributed by atoms with van der Waals surface area (Å²) in [5, 5.41) is 14.9. The van der Waals surface area contributed by atoms with Crippen LogP contribution in [-0.2, 0) is 16.1 Å². The van der Waals surface area contributed by atoms with Crippen LogP contribution in [0.1, 0.15) is 25.8 Å². The molecule has 1 atom stereocenters. The third-order valence-electron chi connectivity index (χ3n) is 4.56. The van der Waals surface area contributed by atoms with Gasteiger partial charge >= 0.3 is 0 Å². The highest BCUT2D eigenvalue weighted by atomic mass is 16.5. The molecule has 0 bridgehead atoms. The number of aliphatic hydroxyl groups excluding tert-OH is 1. The van der Waals surface area contributed by atoms with E-state index in [0.29, 0.717) is 31.1 Å². The molecule has 0 aliphatic carbocycles. The van der Waals surface area contributed by atoms with Crippen molar-refractivity contribution in [1.29, 1.82) is 0 Å². The zero-order chi connectivity index (χ0) is 20.0. The summed E-state index contributed by atoms with van der Waals surface area (Å²) < 4.78 is 10.7. The van der Waals surface area contributed by atoms with Crippen molar-refractivity contribution in [3.8, 4) is 11.5 Å². The van der Waals surface area contributed by atoms with E-state index < -0.39 is 11.6 Å². The Morgan fingerprint density at radius 2 is 2.11 bits per heavy atom. The van der Waals surface area contributed by atoms with Crippen molar-refractivity contribution in [2.24, 2.45) is 0 Å². The zero-order valence-corrected chi connectivity index (χ0v) is 16.4. The van der Waals surface area contributed by atoms with Crippen molar-refractivity contribution in [2.75, 3.05) is 33.9 Å². The molecule has 1 unspecified atom stereocenters. The second-order valence-corrected chi connectivity index (χ2v) is 7.25. The van der Waals surface area contributed by atoms with Gasteiger partial charge in [0.2, 0.25) is 11.8 Å². The summed E-state index contributed by atoms with van der Waals surface area (Å²) >= 11 is 0. The summed E-state index contributed by atoms with van der Waals surface area (Å²) in [4.78, 5) is 26.7. The van der Waals surface area contributed by atoms with Gasteiger partial charge in [0.1, 0.15) is 11.5 Å². The number of ether oxygens (including phenoxy) is 2. The van der Waals surface area contributed by atoms with Crippen LogP contribution in [-0.4, -0.2) is 67.3 Å². The predicted molar refractivity (Wildman–Crippen MR) is 101 cm³/mol. The maximum Gasteiger partial charge on any atom is 0.237 e. The standard InChI is InChI=1S/C19H29N3O5/c1-19(2,12-23)21-17(24)10-15-18(25)20-7-8-22(15)11-13-5-6-14(26-3)9-16(13)27-4/h5-6,9,15,23H,7-8,10-12H2,1-4H3,(H,20,25)(H,21,24). The van der Waals surface area contributed by atoms with Crippen molar-refractivity contribution in [1.82, 2.24) is 15.5 Å². The van der Waals surface area contributed by atoms with E-state index in [1.165, 1.54) is 0 Å². The molecule has 1 aromatic carbocycles. The van der Waals surface area contributed by atoms with Gasteiger partial charge in [0, 0.05) is 31.3 Å². The van der Waals surface area contributed by atoms with E-state index in [9.17, 15) is 14.7 Å². The molecule has 2 amide bonds. The van der Waals surface area contributed by atoms with Gasteiger partial charge in [0.25, 0.3) is 0 Å². The Morgan fingerprint density at radius 1 is 1.37 bits per heavy atom. The van der Waals surface area contributed by atoms with Crippen molar-refractivity contribution in [3.05, 3.63) is 23.8 Å². The molecule has 0 saturated carbocycles. The summed E-state index contributed by atoms with van der Waals surface area (Å²) in [6.45, 7) is 4.90.